The minimum absolute atomic E-state index is 0.0192. The maximum Gasteiger partial charge on any atom is 0.422 e. The molecule has 0 heterocycles. The normalized spacial score (nSPS) is 13.5. The minimum atomic E-state index is -4.32. The van der Waals surface area contributed by atoms with Gasteiger partial charge in [-0.15, -0.1) is 0 Å². The van der Waals surface area contributed by atoms with Gasteiger partial charge in [0.05, 0.1) is 0 Å². The number of alkyl halides is 3. The Balaban J connectivity index is 2.87. The van der Waals surface area contributed by atoms with E-state index in [-0.39, 0.29) is 6.04 Å². The van der Waals surface area contributed by atoms with Gasteiger partial charge in [0.1, 0.15) is 5.75 Å². The van der Waals surface area contributed by atoms with Crippen LogP contribution in [-0.4, -0.2) is 18.8 Å². The first-order chi connectivity index (χ1) is 8.19. The van der Waals surface area contributed by atoms with E-state index in [1.165, 1.54) is 0 Å². The van der Waals surface area contributed by atoms with Crippen LogP contribution in [0.4, 0.5) is 13.2 Å². The molecule has 2 nitrogen and oxygen atoms in total. The minimum Gasteiger partial charge on any atom is -0.484 e. The van der Waals surface area contributed by atoms with Crippen LogP contribution in [-0.2, 0) is 6.42 Å². The molecule has 1 rings (SSSR count). The van der Waals surface area contributed by atoms with Crippen molar-refractivity contribution in [2.75, 3.05) is 6.61 Å². The number of ether oxygens (including phenoxy) is 1. The molecule has 0 radical (unpaired) electrons. The van der Waals surface area contributed by atoms with Crippen molar-refractivity contribution >= 4 is 0 Å². The van der Waals surface area contributed by atoms with E-state index >= 15 is 0 Å². The van der Waals surface area contributed by atoms with Gasteiger partial charge in [-0.25, -0.2) is 0 Å². The van der Waals surface area contributed by atoms with Gasteiger partial charge in [0.2, 0.25) is 0 Å². The standard InChI is InChI=1S/C13H18F3NO/c1-8-4-11(6-10(3)17)5-9(2)12(8)18-7-13(14,15)16/h4-5,10H,6-7,17H2,1-3H3. The van der Waals surface area contributed by atoms with Gasteiger partial charge in [-0.2, -0.15) is 13.2 Å². The molecule has 0 saturated carbocycles. The van der Waals surface area contributed by atoms with Crippen LogP contribution in [0.1, 0.15) is 23.6 Å². The molecule has 102 valence electrons. The molecule has 1 aromatic carbocycles. The lowest BCUT2D eigenvalue weighted by Gasteiger charge is -2.16. The molecule has 0 spiro atoms. The van der Waals surface area contributed by atoms with Crippen LogP contribution in [0.5, 0.6) is 5.75 Å². The van der Waals surface area contributed by atoms with Gasteiger partial charge in [-0.3, -0.25) is 0 Å². The molecule has 0 amide bonds. The van der Waals surface area contributed by atoms with E-state index in [0.717, 1.165) is 5.56 Å². The molecule has 1 unspecified atom stereocenters. The molecule has 0 aliphatic carbocycles. The summed E-state index contributed by atoms with van der Waals surface area (Å²) in [6.07, 6.45) is -3.62. The number of rotatable bonds is 4. The Hall–Kier alpha value is -1.23. The number of aryl methyl sites for hydroxylation is 2. The lowest BCUT2D eigenvalue weighted by atomic mass is 10.0. The second kappa shape index (κ2) is 5.61. The maximum absolute atomic E-state index is 12.1. The molecule has 0 aliphatic heterocycles. The van der Waals surface area contributed by atoms with Gasteiger partial charge in [0.25, 0.3) is 0 Å². The summed E-state index contributed by atoms with van der Waals surface area (Å²) in [5.74, 6) is 0.306. The molecule has 1 atom stereocenters. The summed E-state index contributed by atoms with van der Waals surface area (Å²) in [6, 6.07) is 3.66. The van der Waals surface area contributed by atoms with Crippen LogP contribution < -0.4 is 10.5 Å². The van der Waals surface area contributed by atoms with E-state index in [1.54, 1.807) is 13.8 Å². The predicted octanol–water partition coefficient (Wildman–Crippen LogP) is 3.13. The molecule has 0 aromatic heterocycles. The molecule has 18 heavy (non-hydrogen) atoms. The maximum atomic E-state index is 12.1. The van der Waals surface area contributed by atoms with E-state index in [9.17, 15) is 13.2 Å². The van der Waals surface area contributed by atoms with E-state index in [1.807, 2.05) is 19.1 Å². The molecular weight excluding hydrogens is 243 g/mol. The number of benzene rings is 1. The van der Waals surface area contributed by atoms with Crippen molar-refractivity contribution in [3.8, 4) is 5.75 Å². The van der Waals surface area contributed by atoms with Gasteiger partial charge in [-0.05, 0) is 43.9 Å². The molecule has 1 aromatic rings. The first-order valence-electron chi connectivity index (χ1n) is 5.74. The Bertz CT molecular complexity index is 390. The fourth-order valence-corrected chi connectivity index (χ4v) is 1.91. The smallest absolute Gasteiger partial charge is 0.422 e. The molecule has 2 N–H and O–H groups in total. The van der Waals surface area contributed by atoms with Crippen molar-refractivity contribution in [2.24, 2.45) is 5.73 Å². The van der Waals surface area contributed by atoms with Crippen LogP contribution in [0.2, 0.25) is 0 Å². The van der Waals surface area contributed by atoms with Crippen molar-refractivity contribution in [1.29, 1.82) is 0 Å². The lowest BCUT2D eigenvalue weighted by Crippen LogP contribution is -2.20. The largest absolute Gasteiger partial charge is 0.484 e. The van der Waals surface area contributed by atoms with Gasteiger partial charge in [0, 0.05) is 6.04 Å². The van der Waals surface area contributed by atoms with Gasteiger partial charge < -0.3 is 10.5 Å². The predicted molar refractivity (Wildman–Crippen MR) is 64.8 cm³/mol. The second-order valence-corrected chi connectivity index (χ2v) is 4.64. The third kappa shape index (κ3) is 4.56. The molecule has 5 heteroatoms. The van der Waals surface area contributed by atoms with Gasteiger partial charge in [0.15, 0.2) is 6.61 Å². The van der Waals surface area contributed by atoms with E-state index in [0.29, 0.717) is 23.3 Å². The quantitative estimate of drug-likeness (QED) is 0.903. The summed E-state index contributed by atoms with van der Waals surface area (Å²) < 4.78 is 41.2. The van der Waals surface area contributed by atoms with Crippen LogP contribution in [0.25, 0.3) is 0 Å². The Labute approximate surface area is 105 Å². The van der Waals surface area contributed by atoms with Crippen LogP contribution in [0.3, 0.4) is 0 Å². The van der Waals surface area contributed by atoms with Crippen molar-refractivity contribution in [2.45, 2.75) is 39.4 Å². The highest BCUT2D eigenvalue weighted by Crippen LogP contribution is 2.27. The molecule has 0 aliphatic rings. The summed E-state index contributed by atoms with van der Waals surface area (Å²) in [4.78, 5) is 0. The monoisotopic (exact) mass is 261 g/mol. The summed E-state index contributed by atoms with van der Waals surface area (Å²) in [5, 5.41) is 0. The van der Waals surface area contributed by atoms with Crippen molar-refractivity contribution in [3.63, 3.8) is 0 Å². The molecule has 0 saturated heterocycles. The van der Waals surface area contributed by atoms with Gasteiger partial charge >= 0.3 is 6.18 Å². The van der Waals surface area contributed by atoms with Crippen molar-refractivity contribution in [1.82, 2.24) is 0 Å². The zero-order valence-electron chi connectivity index (χ0n) is 10.8. The highest BCUT2D eigenvalue weighted by Gasteiger charge is 2.29. The summed E-state index contributed by atoms with van der Waals surface area (Å²) in [6.45, 7) is 4.10. The zero-order valence-corrected chi connectivity index (χ0v) is 10.8. The average molecular weight is 261 g/mol. The van der Waals surface area contributed by atoms with Crippen molar-refractivity contribution in [3.05, 3.63) is 28.8 Å². The van der Waals surface area contributed by atoms with Crippen LogP contribution >= 0.6 is 0 Å². The van der Waals surface area contributed by atoms with E-state index in [2.05, 4.69) is 0 Å². The van der Waals surface area contributed by atoms with Gasteiger partial charge in [-0.1, -0.05) is 12.1 Å². The molecule has 0 fully saturated rings. The summed E-state index contributed by atoms with van der Waals surface area (Å²) in [7, 11) is 0. The van der Waals surface area contributed by atoms with E-state index < -0.39 is 12.8 Å². The SMILES string of the molecule is Cc1cc(CC(C)N)cc(C)c1OCC(F)(F)F. The highest BCUT2D eigenvalue weighted by atomic mass is 19.4. The first kappa shape index (κ1) is 14.8. The van der Waals surface area contributed by atoms with Crippen LogP contribution in [0.15, 0.2) is 12.1 Å². The first-order valence-corrected chi connectivity index (χ1v) is 5.74. The Morgan fingerprint density at radius 3 is 2.11 bits per heavy atom. The average Bonchev–Trinajstić information content (AvgIpc) is 2.12. The zero-order chi connectivity index (χ0) is 13.9. The molecule has 0 bridgehead atoms. The lowest BCUT2D eigenvalue weighted by molar-refractivity contribution is -0.153. The third-order valence-corrected chi connectivity index (χ3v) is 2.46. The molecular formula is C13H18F3NO. The summed E-state index contributed by atoms with van der Waals surface area (Å²) >= 11 is 0. The Morgan fingerprint density at radius 1 is 1.22 bits per heavy atom. The summed E-state index contributed by atoms with van der Waals surface area (Å²) in [5.41, 5.74) is 8.12. The second-order valence-electron chi connectivity index (χ2n) is 4.64. The fraction of sp³-hybridized carbons (Fsp3) is 0.538. The highest BCUT2D eigenvalue weighted by molar-refractivity contribution is 5.43. The topological polar surface area (TPSA) is 35.2 Å². The van der Waals surface area contributed by atoms with E-state index in [4.69, 9.17) is 10.5 Å². The fourth-order valence-electron chi connectivity index (χ4n) is 1.91. The number of hydrogen-bond donors (Lipinski definition) is 1. The van der Waals surface area contributed by atoms with Crippen molar-refractivity contribution < 1.29 is 17.9 Å². The number of nitrogens with two attached hydrogens (primary N) is 1. The van der Waals surface area contributed by atoms with Crippen LogP contribution in [0, 0.1) is 13.8 Å². The Kier molecular flexibility index (Phi) is 4.62. The Morgan fingerprint density at radius 2 is 1.72 bits per heavy atom. The number of hydrogen-bond acceptors (Lipinski definition) is 2. The third-order valence-electron chi connectivity index (χ3n) is 2.46. The number of halogens is 3.